The van der Waals surface area contributed by atoms with Crippen LogP contribution in [0, 0.1) is 0 Å². The van der Waals surface area contributed by atoms with Gasteiger partial charge in [0.25, 0.3) is 15.9 Å². The number of nitrogens with one attached hydrogen (secondary N) is 1. The molecular weight excluding hydrogens is 422 g/mol. The summed E-state index contributed by atoms with van der Waals surface area (Å²) in [6.07, 6.45) is 0.997. The number of fused-ring (bicyclic) bond motifs is 1. The fourth-order valence-electron chi connectivity index (χ4n) is 3.97. The predicted molar refractivity (Wildman–Crippen MR) is 126 cm³/mol. The maximum absolute atomic E-state index is 13.2. The first kappa shape index (κ1) is 22.0. The van der Waals surface area contributed by atoms with Crippen LogP contribution in [0.2, 0.25) is 0 Å². The van der Waals surface area contributed by atoms with Gasteiger partial charge in [-0.05, 0) is 41.8 Å². The summed E-state index contributed by atoms with van der Waals surface area (Å²) in [5, 5.41) is 2.90. The van der Waals surface area contributed by atoms with Crippen molar-refractivity contribution in [1.82, 2.24) is 10.2 Å². The molecule has 0 saturated carbocycles. The normalized spacial score (nSPS) is 13.9. The zero-order valence-electron chi connectivity index (χ0n) is 18.1. The van der Waals surface area contributed by atoms with Crippen LogP contribution in [-0.2, 0) is 23.0 Å². The largest absolute Gasteiger partial charge is 0.351 e. The van der Waals surface area contributed by atoms with Crippen molar-refractivity contribution in [3.63, 3.8) is 0 Å². The molecule has 1 aliphatic rings. The van der Waals surface area contributed by atoms with Gasteiger partial charge in [0.1, 0.15) is 4.90 Å². The van der Waals surface area contributed by atoms with Crippen molar-refractivity contribution in [3.8, 4) is 0 Å². The third-order valence-corrected chi connectivity index (χ3v) is 7.66. The summed E-state index contributed by atoms with van der Waals surface area (Å²) in [6.45, 7) is 2.96. The summed E-state index contributed by atoms with van der Waals surface area (Å²) < 4.78 is 27.7. The van der Waals surface area contributed by atoms with Gasteiger partial charge in [0.15, 0.2) is 0 Å². The second kappa shape index (κ2) is 9.54. The zero-order valence-corrected chi connectivity index (χ0v) is 18.9. The van der Waals surface area contributed by atoms with E-state index >= 15 is 0 Å². The quantitative estimate of drug-likeness (QED) is 0.601. The molecule has 0 saturated heterocycles. The van der Waals surface area contributed by atoms with Gasteiger partial charge in [-0.2, -0.15) is 0 Å². The van der Waals surface area contributed by atoms with Gasteiger partial charge in [-0.3, -0.25) is 14.0 Å². The third-order valence-electron chi connectivity index (χ3n) is 5.81. The topological polar surface area (TPSA) is 69.7 Å². The number of hydrogen-bond donors (Lipinski definition) is 1. The number of hydrogen-bond acceptors (Lipinski definition) is 4. The second-order valence-electron chi connectivity index (χ2n) is 7.86. The summed E-state index contributed by atoms with van der Waals surface area (Å²) in [6, 6.07) is 23.6. The maximum Gasteiger partial charge on any atom is 0.264 e. The van der Waals surface area contributed by atoms with Crippen LogP contribution in [-0.4, -0.2) is 45.9 Å². The van der Waals surface area contributed by atoms with E-state index in [0.29, 0.717) is 18.8 Å². The number of para-hydroxylation sites is 1. The number of amides is 1. The lowest BCUT2D eigenvalue weighted by Gasteiger charge is -2.28. The first-order valence-electron chi connectivity index (χ1n) is 10.7. The van der Waals surface area contributed by atoms with Crippen LogP contribution in [0.25, 0.3) is 0 Å². The lowest BCUT2D eigenvalue weighted by molar-refractivity contribution is 0.0944. The van der Waals surface area contributed by atoms with Gasteiger partial charge in [-0.25, -0.2) is 8.42 Å². The van der Waals surface area contributed by atoms with Crippen molar-refractivity contribution in [2.45, 2.75) is 17.9 Å². The molecule has 3 aromatic rings. The number of nitrogens with zero attached hydrogens (tertiary/aromatic N) is 2. The van der Waals surface area contributed by atoms with Gasteiger partial charge in [0.05, 0.1) is 11.3 Å². The Balaban J connectivity index is 1.43. The fourth-order valence-corrected chi connectivity index (χ4v) is 5.35. The fraction of sp³-hybridized carbons (Fsp3) is 0.240. The van der Waals surface area contributed by atoms with Crippen LogP contribution in [0.5, 0.6) is 0 Å². The standard InChI is InChI=1S/C25H27N3O3S/c1-27(22-11-3-2-4-12-22)32(30,31)24-14-8-7-13-23(24)25(29)26-16-18-28-17-15-20-9-5-6-10-21(20)19-28/h2-14H,15-19H2,1H3,(H,26,29). The van der Waals surface area contributed by atoms with Crippen molar-refractivity contribution >= 4 is 21.6 Å². The Kier molecular flexibility index (Phi) is 6.58. The highest BCUT2D eigenvalue weighted by Gasteiger charge is 2.26. The van der Waals surface area contributed by atoms with Gasteiger partial charge < -0.3 is 5.32 Å². The number of anilines is 1. The highest BCUT2D eigenvalue weighted by Crippen LogP contribution is 2.24. The molecule has 1 aliphatic heterocycles. The average Bonchev–Trinajstić information content (AvgIpc) is 2.84. The number of carbonyl (C=O) groups excluding carboxylic acids is 1. The number of benzene rings is 3. The third kappa shape index (κ3) is 4.69. The Morgan fingerprint density at radius 3 is 2.38 bits per heavy atom. The van der Waals surface area contributed by atoms with Gasteiger partial charge in [0.2, 0.25) is 0 Å². The molecule has 0 unspecified atom stereocenters. The molecule has 166 valence electrons. The molecule has 6 nitrogen and oxygen atoms in total. The Labute approximate surface area is 189 Å². The predicted octanol–water partition coefficient (Wildman–Crippen LogP) is 3.30. The Morgan fingerprint density at radius 1 is 0.938 bits per heavy atom. The van der Waals surface area contributed by atoms with E-state index in [1.54, 1.807) is 42.5 Å². The molecule has 0 fully saturated rings. The van der Waals surface area contributed by atoms with E-state index in [2.05, 4.69) is 28.4 Å². The van der Waals surface area contributed by atoms with E-state index in [1.165, 1.54) is 28.5 Å². The summed E-state index contributed by atoms with van der Waals surface area (Å²) in [4.78, 5) is 15.2. The molecule has 1 amide bonds. The highest BCUT2D eigenvalue weighted by atomic mass is 32.2. The highest BCUT2D eigenvalue weighted by molar-refractivity contribution is 7.92. The van der Waals surface area contributed by atoms with Crippen molar-refractivity contribution in [3.05, 3.63) is 95.6 Å². The van der Waals surface area contributed by atoms with E-state index < -0.39 is 10.0 Å². The first-order valence-corrected chi connectivity index (χ1v) is 12.1. The monoisotopic (exact) mass is 449 g/mol. The summed E-state index contributed by atoms with van der Waals surface area (Å²) >= 11 is 0. The smallest absolute Gasteiger partial charge is 0.264 e. The minimum Gasteiger partial charge on any atom is -0.351 e. The van der Waals surface area contributed by atoms with Gasteiger partial charge in [0, 0.05) is 33.2 Å². The molecule has 0 aromatic heterocycles. The van der Waals surface area contributed by atoms with E-state index in [0.717, 1.165) is 19.5 Å². The van der Waals surface area contributed by atoms with Crippen LogP contribution in [0.4, 0.5) is 5.69 Å². The summed E-state index contributed by atoms with van der Waals surface area (Å²) in [7, 11) is -2.39. The molecule has 4 rings (SSSR count). The van der Waals surface area contributed by atoms with Crippen molar-refractivity contribution < 1.29 is 13.2 Å². The van der Waals surface area contributed by atoms with Crippen LogP contribution in [0.15, 0.2) is 83.8 Å². The van der Waals surface area contributed by atoms with E-state index in [9.17, 15) is 13.2 Å². The summed E-state index contributed by atoms with van der Waals surface area (Å²) in [5.41, 5.74) is 3.40. The molecule has 3 aromatic carbocycles. The molecule has 32 heavy (non-hydrogen) atoms. The van der Waals surface area contributed by atoms with Crippen LogP contribution in [0.3, 0.4) is 0 Å². The minimum atomic E-state index is -3.88. The second-order valence-corrected chi connectivity index (χ2v) is 9.79. The Bertz CT molecular complexity index is 1200. The molecule has 0 spiro atoms. The van der Waals surface area contributed by atoms with Crippen molar-refractivity contribution in [1.29, 1.82) is 0 Å². The number of carbonyl (C=O) groups is 1. The SMILES string of the molecule is CN(c1ccccc1)S(=O)(=O)c1ccccc1C(=O)NCCN1CCc2ccccc2C1. The molecule has 1 N–H and O–H groups in total. The van der Waals surface area contributed by atoms with E-state index in [1.807, 2.05) is 12.1 Å². The van der Waals surface area contributed by atoms with Gasteiger partial charge in [-0.1, -0.05) is 54.6 Å². The van der Waals surface area contributed by atoms with Crippen molar-refractivity contribution in [2.75, 3.05) is 31.0 Å². The Hall–Kier alpha value is -3.16. The average molecular weight is 450 g/mol. The number of rotatable bonds is 7. The molecule has 0 atom stereocenters. The minimum absolute atomic E-state index is 0.00393. The Morgan fingerprint density at radius 2 is 1.59 bits per heavy atom. The lowest BCUT2D eigenvalue weighted by Crippen LogP contribution is -2.38. The first-order chi connectivity index (χ1) is 15.5. The zero-order chi connectivity index (χ0) is 22.6. The molecule has 0 aliphatic carbocycles. The molecular formula is C25H27N3O3S. The van der Waals surface area contributed by atoms with E-state index in [4.69, 9.17) is 0 Å². The summed E-state index contributed by atoms with van der Waals surface area (Å²) in [5.74, 6) is -0.386. The molecule has 1 heterocycles. The molecule has 0 bridgehead atoms. The maximum atomic E-state index is 13.2. The van der Waals surface area contributed by atoms with E-state index in [-0.39, 0.29) is 16.4 Å². The van der Waals surface area contributed by atoms with Crippen LogP contribution < -0.4 is 9.62 Å². The molecule has 7 heteroatoms. The number of sulfonamides is 1. The van der Waals surface area contributed by atoms with Crippen LogP contribution >= 0.6 is 0 Å². The van der Waals surface area contributed by atoms with Crippen LogP contribution in [0.1, 0.15) is 21.5 Å². The van der Waals surface area contributed by atoms with Gasteiger partial charge in [-0.15, -0.1) is 0 Å². The molecule has 0 radical (unpaired) electrons. The lowest BCUT2D eigenvalue weighted by atomic mass is 10.00. The van der Waals surface area contributed by atoms with Gasteiger partial charge >= 0.3 is 0 Å². The van der Waals surface area contributed by atoms with Crippen molar-refractivity contribution in [2.24, 2.45) is 0 Å².